The van der Waals surface area contributed by atoms with Gasteiger partial charge in [-0.3, -0.25) is 0 Å². The van der Waals surface area contributed by atoms with Crippen LogP contribution in [0.2, 0.25) is 0 Å². The van der Waals surface area contributed by atoms with Gasteiger partial charge in [-0.05, 0) is 55.3 Å². The Bertz CT molecular complexity index is 629. The number of benzene rings is 1. The molecule has 0 amide bonds. The van der Waals surface area contributed by atoms with Crippen molar-refractivity contribution in [2.75, 3.05) is 31.6 Å². The second-order valence-electron chi connectivity index (χ2n) is 5.63. The van der Waals surface area contributed by atoms with Crippen molar-refractivity contribution >= 4 is 39.1 Å². The normalized spacial score (nSPS) is 12.8. The number of nitrogens with one attached hydrogen (secondary N) is 2. The third-order valence-corrected chi connectivity index (χ3v) is 6.90. The number of hydrogen-bond donors (Lipinski definition) is 2. The average Bonchev–Trinajstić information content (AvgIpc) is 2.59. The van der Waals surface area contributed by atoms with Gasteiger partial charge in [0.15, 0.2) is 5.11 Å². The van der Waals surface area contributed by atoms with Crippen LogP contribution in [0.3, 0.4) is 0 Å². The van der Waals surface area contributed by atoms with Crippen molar-refractivity contribution in [2.45, 2.75) is 38.1 Å². The Hall–Kier alpha value is -0.830. The first-order valence-corrected chi connectivity index (χ1v) is 11.7. The summed E-state index contributed by atoms with van der Waals surface area (Å²) >= 11 is 7.12. The van der Waals surface area contributed by atoms with Crippen molar-refractivity contribution in [3.8, 4) is 0 Å². The van der Waals surface area contributed by atoms with Crippen LogP contribution >= 0.6 is 24.0 Å². The van der Waals surface area contributed by atoms with Crippen molar-refractivity contribution in [1.82, 2.24) is 14.9 Å². The summed E-state index contributed by atoms with van der Waals surface area (Å²) < 4.78 is 26.5. The van der Waals surface area contributed by atoms with Crippen molar-refractivity contribution < 1.29 is 8.42 Å². The third-order valence-electron chi connectivity index (χ3n) is 3.88. The lowest BCUT2D eigenvalue weighted by Crippen LogP contribution is -2.37. The summed E-state index contributed by atoms with van der Waals surface area (Å²) in [7, 11) is -3.41. The molecule has 0 aliphatic carbocycles. The van der Waals surface area contributed by atoms with E-state index in [0.717, 1.165) is 24.3 Å². The van der Waals surface area contributed by atoms with E-state index in [1.807, 2.05) is 44.7 Å². The topological polar surface area (TPSA) is 61.4 Å². The zero-order valence-electron chi connectivity index (χ0n) is 15.4. The highest BCUT2D eigenvalue weighted by atomic mass is 32.2. The van der Waals surface area contributed by atoms with Gasteiger partial charge in [-0.25, -0.2) is 8.42 Å². The van der Waals surface area contributed by atoms with E-state index in [0.29, 0.717) is 23.1 Å². The van der Waals surface area contributed by atoms with Gasteiger partial charge in [0.25, 0.3) is 0 Å². The smallest absolute Gasteiger partial charge is 0.243 e. The number of hydrogen-bond acceptors (Lipinski definition) is 4. The van der Waals surface area contributed by atoms with Gasteiger partial charge in [-0.1, -0.05) is 26.0 Å². The lowest BCUT2D eigenvalue weighted by Gasteiger charge is -2.20. The van der Waals surface area contributed by atoms with Crippen molar-refractivity contribution in [3.63, 3.8) is 0 Å². The number of thiocarbonyl (C=S) groups is 1. The Morgan fingerprint density at radius 1 is 1.24 bits per heavy atom. The summed E-state index contributed by atoms with van der Waals surface area (Å²) in [4.78, 5) is 0.324. The number of rotatable bonds is 10. The molecule has 0 radical (unpaired) electrons. The minimum atomic E-state index is -3.41. The summed E-state index contributed by atoms with van der Waals surface area (Å²) in [6.07, 6.45) is 3.15. The van der Waals surface area contributed by atoms with Crippen molar-refractivity contribution in [1.29, 1.82) is 0 Å². The van der Waals surface area contributed by atoms with Crippen LogP contribution in [0, 0.1) is 0 Å². The molecule has 25 heavy (non-hydrogen) atoms. The number of thioether (sulfide) groups is 1. The first-order valence-electron chi connectivity index (χ1n) is 8.50. The zero-order chi connectivity index (χ0) is 18.9. The highest BCUT2D eigenvalue weighted by molar-refractivity contribution is 7.98. The van der Waals surface area contributed by atoms with Crippen LogP contribution in [-0.4, -0.2) is 49.5 Å². The van der Waals surface area contributed by atoms with E-state index in [2.05, 4.69) is 16.9 Å². The molecule has 8 heteroatoms. The molecule has 0 aliphatic rings. The van der Waals surface area contributed by atoms with Crippen molar-refractivity contribution in [2.24, 2.45) is 0 Å². The molecule has 0 saturated heterocycles. The minimum Gasteiger partial charge on any atom is -0.363 e. The Morgan fingerprint density at radius 3 is 2.36 bits per heavy atom. The summed E-state index contributed by atoms with van der Waals surface area (Å²) in [5.74, 6) is 1.10. The molecule has 142 valence electrons. The maximum atomic E-state index is 12.5. The van der Waals surface area contributed by atoms with E-state index >= 15 is 0 Å². The fraction of sp³-hybridized carbons (Fsp3) is 0.588. The molecule has 5 nitrogen and oxygen atoms in total. The molecule has 0 aromatic heterocycles. The van der Waals surface area contributed by atoms with E-state index in [1.54, 1.807) is 12.1 Å². The molecular formula is C17H29N3O2S3. The molecule has 0 spiro atoms. The van der Waals surface area contributed by atoms with Gasteiger partial charge in [0.2, 0.25) is 10.0 Å². The number of sulfonamides is 1. The van der Waals surface area contributed by atoms with E-state index in [9.17, 15) is 8.42 Å². The van der Waals surface area contributed by atoms with E-state index in [-0.39, 0.29) is 6.04 Å². The van der Waals surface area contributed by atoms with Gasteiger partial charge in [0, 0.05) is 19.6 Å². The van der Waals surface area contributed by atoms with Crippen LogP contribution in [0.5, 0.6) is 0 Å². The molecule has 1 atom stereocenters. The molecule has 0 saturated carbocycles. The fourth-order valence-electron chi connectivity index (χ4n) is 2.39. The van der Waals surface area contributed by atoms with Gasteiger partial charge >= 0.3 is 0 Å². The zero-order valence-corrected chi connectivity index (χ0v) is 17.9. The Morgan fingerprint density at radius 2 is 1.84 bits per heavy atom. The molecule has 0 bridgehead atoms. The fourth-order valence-corrected chi connectivity index (χ4v) is 4.56. The average molecular weight is 404 g/mol. The Kier molecular flexibility index (Phi) is 9.78. The molecule has 0 aliphatic heterocycles. The molecule has 0 fully saturated rings. The Balaban J connectivity index is 2.68. The molecule has 2 N–H and O–H groups in total. The van der Waals surface area contributed by atoms with Crippen LogP contribution in [-0.2, 0) is 10.0 Å². The third kappa shape index (κ3) is 6.77. The van der Waals surface area contributed by atoms with E-state index in [1.165, 1.54) is 4.31 Å². The monoisotopic (exact) mass is 403 g/mol. The molecule has 1 aromatic rings. The largest absolute Gasteiger partial charge is 0.363 e. The summed E-state index contributed by atoms with van der Waals surface area (Å²) in [6.45, 7) is 7.47. The van der Waals surface area contributed by atoms with Gasteiger partial charge in [-0.15, -0.1) is 0 Å². The minimum absolute atomic E-state index is 0.00533. The predicted octanol–water partition coefficient (Wildman–Crippen LogP) is 3.00. The summed E-state index contributed by atoms with van der Waals surface area (Å²) in [5, 5.41) is 7.04. The van der Waals surface area contributed by atoms with Gasteiger partial charge in [0.05, 0.1) is 10.9 Å². The molecule has 1 aromatic carbocycles. The first kappa shape index (κ1) is 22.2. The van der Waals surface area contributed by atoms with Crippen LogP contribution in [0.1, 0.15) is 38.8 Å². The van der Waals surface area contributed by atoms with Crippen LogP contribution < -0.4 is 10.6 Å². The van der Waals surface area contributed by atoms with Crippen LogP contribution in [0.4, 0.5) is 0 Å². The molecule has 0 unspecified atom stereocenters. The second kappa shape index (κ2) is 11.0. The van der Waals surface area contributed by atoms with Crippen LogP contribution in [0.15, 0.2) is 29.2 Å². The van der Waals surface area contributed by atoms with Gasteiger partial charge in [-0.2, -0.15) is 16.1 Å². The van der Waals surface area contributed by atoms with Crippen LogP contribution in [0.25, 0.3) is 0 Å². The quantitative estimate of drug-likeness (QED) is 0.463. The second-order valence-corrected chi connectivity index (χ2v) is 8.96. The van der Waals surface area contributed by atoms with E-state index in [4.69, 9.17) is 12.2 Å². The highest BCUT2D eigenvalue weighted by Gasteiger charge is 2.21. The first-order chi connectivity index (χ1) is 11.9. The summed E-state index contributed by atoms with van der Waals surface area (Å²) in [6, 6.07) is 7.01. The Labute approximate surface area is 162 Å². The SMILES string of the molecule is CCN(CC)S(=O)(=O)c1ccc([C@@H](C)NC(=S)NCCCSC)cc1. The van der Waals surface area contributed by atoms with Gasteiger partial charge < -0.3 is 10.6 Å². The van der Waals surface area contributed by atoms with E-state index < -0.39 is 10.0 Å². The van der Waals surface area contributed by atoms with Gasteiger partial charge in [0.1, 0.15) is 0 Å². The lowest BCUT2D eigenvalue weighted by atomic mass is 10.1. The predicted molar refractivity (Wildman–Crippen MR) is 112 cm³/mol. The number of nitrogens with zero attached hydrogens (tertiary/aromatic N) is 1. The molecular weight excluding hydrogens is 374 g/mol. The molecule has 1 rings (SSSR count). The standard InChI is InChI=1S/C17H29N3O2S3/c1-5-20(6-2)25(21,22)16-10-8-15(9-11-16)14(3)19-17(23)18-12-7-13-24-4/h8-11,14H,5-7,12-13H2,1-4H3,(H2,18,19,23)/t14-/m1/s1. The highest BCUT2D eigenvalue weighted by Crippen LogP contribution is 2.19. The molecule has 0 heterocycles. The summed E-state index contributed by atoms with van der Waals surface area (Å²) in [5.41, 5.74) is 0.992. The lowest BCUT2D eigenvalue weighted by molar-refractivity contribution is 0.445. The van der Waals surface area contributed by atoms with Crippen molar-refractivity contribution in [3.05, 3.63) is 29.8 Å². The maximum absolute atomic E-state index is 12.5. The maximum Gasteiger partial charge on any atom is 0.243 e.